The molecular weight excluding hydrogens is 336 g/mol. The molecule has 0 radical (unpaired) electrons. The Labute approximate surface area is 145 Å². The van der Waals surface area contributed by atoms with E-state index in [2.05, 4.69) is 20.8 Å². The first-order valence-corrected chi connectivity index (χ1v) is 7.35. The van der Waals surface area contributed by atoms with Crippen LogP contribution >= 0.6 is 12.4 Å². The molecule has 1 unspecified atom stereocenters. The van der Waals surface area contributed by atoms with E-state index in [4.69, 9.17) is 14.0 Å². The van der Waals surface area contributed by atoms with Crippen LogP contribution in [0.5, 0.6) is 5.75 Å². The zero-order chi connectivity index (χ0) is 16.1. The fraction of sp³-hybridized carbons (Fsp3) is 0.400. The summed E-state index contributed by atoms with van der Waals surface area (Å²) in [5.41, 5.74) is 0.699. The summed E-state index contributed by atoms with van der Waals surface area (Å²) in [7, 11) is 0. The van der Waals surface area contributed by atoms with Crippen molar-refractivity contribution in [3.8, 4) is 5.75 Å². The number of carbonyl (C=O) groups is 1. The van der Waals surface area contributed by atoms with Gasteiger partial charge >= 0.3 is 0 Å². The van der Waals surface area contributed by atoms with E-state index in [0.29, 0.717) is 42.9 Å². The first kappa shape index (κ1) is 18.2. The Hall–Kier alpha value is -2.16. The number of aryl methyl sites for hydroxylation is 1. The van der Waals surface area contributed by atoms with Gasteiger partial charge in [-0.1, -0.05) is 5.16 Å². The van der Waals surface area contributed by atoms with E-state index in [1.165, 1.54) is 0 Å². The molecule has 1 fully saturated rings. The lowest BCUT2D eigenvalue weighted by molar-refractivity contribution is -0.120. The molecule has 1 aromatic carbocycles. The van der Waals surface area contributed by atoms with E-state index in [9.17, 15) is 4.79 Å². The van der Waals surface area contributed by atoms with Crippen LogP contribution in [0, 0.1) is 6.92 Å². The number of nitrogens with zero attached hydrogens (tertiary/aromatic N) is 2. The molecule has 0 bridgehead atoms. The van der Waals surface area contributed by atoms with Crippen molar-refractivity contribution in [2.45, 2.75) is 19.6 Å². The zero-order valence-corrected chi connectivity index (χ0v) is 14.0. The molecule has 8 nitrogen and oxygen atoms in total. The normalized spacial score (nSPS) is 17.0. The molecule has 2 N–H and O–H groups in total. The van der Waals surface area contributed by atoms with E-state index in [1.807, 2.05) is 0 Å². The smallest absolute Gasteiger partial charge is 0.243 e. The first-order chi connectivity index (χ1) is 11.2. The summed E-state index contributed by atoms with van der Waals surface area (Å²) in [4.78, 5) is 16.1. The Morgan fingerprint density at radius 2 is 2.21 bits per heavy atom. The van der Waals surface area contributed by atoms with Crippen molar-refractivity contribution in [3.05, 3.63) is 36.0 Å². The third kappa shape index (κ3) is 4.92. The fourth-order valence-electron chi connectivity index (χ4n) is 2.15. The monoisotopic (exact) mass is 354 g/mol. The summed E-state index contributed by atoms with van der Waals surface area (Å²) in [5.74, 6) is 1.54. The number of anilines is 1. The lowest BCUT2D eigenvalue weighted by Crippen LogP contribution is -2.48. The van der Waals surface area contributed by atoms with Gasteiger partial charge in [-0.3, -0.25) is 4.79 Å². The van der Waals surface area contributed by atoms with E-state index in [1.54, 1.807) is 31.2 Å². The van der Waals surface area contributed by atoms with Crippen LogP contribution in [0.4, 0.5) is 5.69 Å². The number of carbonyl (C=O) groups excluding carboxylic acids is 1. The van der Waals surface area contributed by atoms with Gasteiger partial charge in [-0.2, -0.15) is 4.98 Å². The average molecular weight is 355 g/mol. The van der Waals surface area contributed by atoms with Crippen molar-refractivity contribution in [1.82, 2.24) is 15.5 Å². The number of benzene rings is 1. The van der Waals surface area contributed by atoms with Crippen LogP contribution in [0.2, 0.25) is 0 Å². The fourth-order valence-corrected chi connectivity index (χ4v) is 2.15. The van der Waals surface area contributed by atoms with Crippen molar-refractivity contribution in [3.63, 3.8) is 0 Å². The number of hydrogen-bond donors (Lipinski definition) is 2. The Bertz CT molecular complexity index is 656. The van der Waals surface area contributed by atoms with Gasteiger partial charge in [0.25, 0.3) is 0 Å². The third-order valence-electron chi connectivity index (χ3n) is 3.30. The predicted molar refractivity (Wildman–Crippen MR) is 88.3 cm³/mol. The van der Waals surface area contributed by atoms with Crippen molar-refractivity contribution >= 4 is 24.0 Å². The molecule has 2 heterocycles. The van der Waals surface area contributed by atoms with Gasteiger partial charge in [-0.05, 0) is 24.3 Å². The maximum absolute atomic E-state index is 12.1. The SMILES string of the molecule is Cc1nc(COc2ccc(NC(=O)C3COCCN3)cc2)no1.Cl. The molecule has 1 aliphatic heterocycles. The van der Waals surface area contributed by atoms with E-state index in [0.717, 1.165) is 0 Å². The van der Waals surface area contributed by atoms with Gasteiger partial charge in [0.15, 0.2) is 6.61 Å². The standard InChI is InChI=1S/C15H18N4O4.ClH/c1-10-17-14(19-23-10)9-22-12-4-2-11(3-5-12)18-15(20)13-8-21-7-6-16-13;/h2-5,13,16H,6-9H2,1H3,(H,18,20);1H. The molecule has 1 aromatic heterocycles. The number of morpholine rings is 1. The Morgan fingerprint density at radius 1 is 1.42 bits per heavy atom. The van der Waals surface area contributed by atoms with Crippen molar-refractivity contribution in [2.75, 3.05) is 25.1 Å². The molecule has 1 aliphatic rings. The van der Waals surface area contributed by atoms with Gasteiger partial charge < -0.3 is 24.6 Å². The topological polar surface area (TPSA) is 98.5 Å². The predicted octanol–water partition coefficient (Wildman–Crippen LogP) is 1.31. The molecule has 2 aromatic rings. The number of aromatic nitrogens is 2. The maximum Gasteiger partial charge on any atom is 0.243 e. The first-order valence-electron chi connectivity index (χ1n) is 7.35. The van der Waals surface area contributed by atoms with Gasteiger partial charge in [0.1, 0.15) is 11.8 Å². The van der Waals surface area contributed by atoms with Gasteiger partial charge in [0.2, 0.25) is 17.6 Å². The van der Waals surface area contributed by atoms with Crippen LogP contribution in [0.15, 0.2) is 28.8 Å². The minimum atomic E-state index is -0.318. The van der Waals surface area contributed by atoms with Gasteiger partial charge in [-0.25, -0.2) is 0 Å². The molecule has 9 heteroatoms. The second-order valence-electron chi connectivity index (χ2n) is 5.11. The molecule has 1 saturated heterocycles. The van der Waals surface area contributed by atoms with Crippen LogP contribution in [0.3, 0.4) is 0 Å². The highest BCUT2D eigenvalue weighted by Gasteiger charge is 2.20. The molecule has 1 amide bonds. The van der Waals surface area contributed by atoms with Crippen molar-refractivity contribution in [2.24, 2.45) is 0 Å². The third-order valence-corrected chi connectivity index (χ3v) is 3.30. The minimum absolute atomic E-state index is 0. The lowest BCUT2D eigenvalue weighted by Gasteiger charge is -2.22. The number of amides is 1. The quantitative estimate of drug-likeness (QED) is 0.835. The Balaban J connectivity index is 0.00000208. The molecule has 0 saturated carbocycles. The maximum atomic E-state index is 12.1. The highest BCUT2D eigenvalue weighted by Crippen LogP contribution is 2.17. The number of ether oxygens (including phenoxy) is 2. The molecule has 3 rings (SSSR count). The lowest BCUT2D eigenvalue weighted by atomic mass is 10.2. The molecule has 0 aliphatic carbocycles. The number of nitrogens with one attached hydrogen (secondary N) is 2. The summed E-state index contributed by atoms with van der Waals surface area (Å²) in [6, 6.07) is 6.78. The number of hydrogen-bond acceptors (Lipinski definition) is 7. The molecule has 1 atom stereocenters. The second-order valence-corrected chi connectivity index (χ2v) is 5.11. The summed E-state index contributed by atoms with van der Waals surface area (Å²) in [5, 5.41) is 9.70. The highest BCUT2D eigenvalue weighted by molar-refractivity contribution is 5.95. The Morgan fingerprint density at radius 3 is 2.83 bits per heavy atom. The van der Waals surface area contributed by atoms with Crippen LogP contribution in [0.25, 0.3) is 0 Å². The molecule has 24 heavy (non-hydrogen) atoms. The molecular formula is C15H19ClN4O4. The summed E-state index contributed by atoms with van der Waals surface area (Å²) in [6.07, 6.45) is 0. The zero-order valence-electron chi connectivity index (χ0n) is 13.2. The Kier molecular flexibility index (Phi) is 6.53. The van der Waals surface area contributed by atoms with Crippen LogP contribution in [0.1, 0.15) is 11.7 Å². The van der Waals surface area contributed by atoms with Crippen molar-refractivity contribution in [1.29, 1.82) is 0 Å². The van der Waals surface area contributed by atoms with E-state index < -0.39 is 0 Å². The molecule has 130 valence electrons. The largest absolute Gasteiger partial charge is 0.485 e. The average Bonchev–Trinajstić information content (AvgIpc) is 3.00. The van der Waals surface area contributed by atoms with Crippen molar-refractivity contribution < 1.29 is 18.8 Å². The van der Waals surface area contributed by atoms with E-state index >= 15 is 0 Å². The van der Waals surface area contributed by atoms with Crippen LogP contribution < -0.4 is 15.4 Å². The van der Waals surface area contributed by atoms with Gasteiger partial charge in [0, 0.05) is 19.2 Å². The summed E-state index contributed by atoms with van der Waals surface area (Å²) < 4.78 is 15.7. The molecule has 0 spiro atoms. The van der Waals surface area contributed by atoms with Crippen LogP contribution in [-0.4, -0.2) is 41.8 Å². The second kappa shape index (κ2) is 8.62. The summed E-state index contributed by atoms with van der Waals surface area (Å²) >= 11 is 0. The number of halogens is 1. The minimum Gasteiger partial charge on any atom is -0.485 e. The van der Waals surface area contributed by atoms with Gasteiger partial charge in [0.05, 0.1) is 13.2 Å². The van der Waals surface area contributed by atoms with Gasteiger partial charge in [-0.15, -0.1) is 12.4 Å². The number of rotatable bonds is 5. The van der Waals surface area contributed by atoms with E-state index in [-0.39, 0.29) is 31.0 Å². The highest BCUT2D eigenvalue weighted by atomic mass is 35.5. The van der Waals surface area contributed by atoms with Crippen LogP contribution in [-0.2, 0) is 16.1 Å². The summed E-state index contributed by atoms with van der Waals surface area (Å²) in [6.45, 7) is 3.65.